The third-order valence-electron chi connectivity index (χ3n) is 6.24. The first kappa shape index (κ1) is 26.2. The van der Waals surface area contributed by atoms with Gasteiger partial charge in [0.2, 0.25) is 0 Å². The van der Waals surface area contributed by atoms with Gasteiger partial charge in [0.1, 0.15) is 10.5 Å². The lowest BCUT2D eigenvalue weighted by Crippen LogP contribution is -2.45. The Balaban J connectivity index is 0.00000149. The molecule has 0 aromatic carbocycles. The van der Waals surface area contributed by atoms with Crippen LogP contribution in [0.2, 0.25) is 0 Å². The van der Waals surface area contributed by atoms with Crippen LogP contribution in [0.25, 0.3) is 0 Å². The molecule has 10 heteroatoms. The third-order valence-corrected chi connectivity index (χ3v) is 7.75. The van der Waals surface area contributed by atoms with Gasteiger partial charge in [0, 0.05) is 55.0 Å². The summed E-state index contributed by atoms with van der Waals surface area (Å²) in [5.41, 5.74) is 1.05. The number of piperidine rings is 1. The third kappa shape index (κ3) is 5.62. The van der Waals surface area contributed by atoms with Gasteiger partial charge >= 0.3 is 6.18 Å². The number of ether oxygens (including phenoxy) is 1. The maximum Gasteiger partial charge on any atom is 0.425 e. The molecule has 0 aliphatic carbocycles. The molecule has 0 amide bonds. The van der Waals surface area contributed by atoms with E-state index in [0.717, 1.165) is 23.4 Å². The fourth-order valence-electron chi connectivity index (χ4n) is 4.61. The van der Waals surface area contributed by atoms with E-state index in [-0.39, 0.29) is 18.1 Å². The van der Waals surface area contributed by atoms with E-state index in [2.05, 4.69) is 10.00 Å². The van der Waals surface area contributed by atoms with Crippen LogP contribution in [0.4, 0.5) is 13.2 Å². The molecule has 2 aromatic heterocycles. The Kier molecular flexibility index (Phi) is 8.60. The van der Waals surface area contributed by atoms with Crippen LogP contribution in [-0.2, 0) is 42.6 Å². The van der Waals surface area contributed by atoms with Gasteiger partial charge in [-0.2, -0.15) is 18.3 Å². The first-order valence-corrected chi connectivity index (χ1v) is 12.4. The van der Waals surface area contributed by atoms with Crippen molar-refractivity contribution < 1.29 is 28.1 Å². The first-order valence-electron chi connectivity index (χ1n) is 11.6. The van der Waals surface area contributed by atoms with Crippen molar-refractivity contribution in [1.82, 2.24) is 14.7 Å². The molecule has 2 aromatic rings. The Hall–Kier alpha value is -1.46. The largest absolute Gasteiger partial charge is 0.425 e. The number of likely N-dealkylation sites (tertiary alicyclic amines) is 1. The van der Waals surface area contributed by atoms with Gasteiger partial charge < -0.3 is 14.9 Å². The minimum atomic E-state index is -4.46. The number of hydrogen-bond donors (Lipinski definition) is 2. The van der Waals surface area contributed by atoms with E-state index in [1.807, 2.05) is 37.8 Å². The zero-order valence-electron chi connectivity index (χ0n) is 19.5. The Morgan fingerprint density at radius 2 is 1.94 bits per heavy atom. The summed E-state index contributed by atoms with van der Waals surface area (Å²) < 4.78 is 48.5. The normalized spacial score (nSPS) is 19.2. The molecule has 186 valence electrons. The lowest BCUT2D eigenvalue weighted by molar-refractivity contribution is -0.135. The van der Waals surface area contributed by atoms with Crippen molar-refractivity contribution >= 4 is 11.3 Å². The highest BCUT2D eigenvalue weighted by atomic mass is 32.1. The Bertz CT molecular complexity index is 905. The standard InChI is InChI=1S/C21H28F3N3O3S.C2H6/c1-14(12-28)9-27-11-15(8-25-27)10-26-5-3-20(4-6-26)18-16(2-7-30-20)17(13-29)19(31-18)21(22,23)24;1-2/h8,11,14,28-29H,2-7,9-10,12-13H2,1H3;1-2H3. The van der Waals surface area contributed by atoms with Crippen molar-refractivity contribution in [3.8, 4) is 0 Å². The summed E-state index contributed by atoms with van der Waals surface area (Å²) >= 11 is 0.753. The summed E-state index contributed by atoms with van der Waals surface area (Å²) in [5, 5.41) is 23.2. The summed E-state index contributed by atoms with van der Waals surface area (Å²) in [6, 6.07) is 0. The monoisotopic (exact) mass is 489 g/mol. The van der Waals surface area contributed by atoms with Gasteiger partial charge in [-0.05, 0) is 30.7 Å². The van der Waals surface area contributed by atoms with Crippen LogP contribution in [0.15, 0.2) is 12.4 Å². The van der Waals surface area contributed by atoms with Gasteiger partial charge in [-0.1, -0.05) is 20.8 Å². The quantitative estimate of drug-likeness (QED) is 0.637. The Labute approximate surface area is 197 Å². The van der Waals surface area contributed by atoms with Gasteiger partial charge in [0.25, 0.3) is 0 Å². The molecule has 4 rings (SSSR count). The van der Waals surface area contributed by atoms with Crippen LogP contribution < -0.4 is 0 Å². The molecular weight excluding hydrogens is 455 g/mol. The van der Waals surface area contributed by atoms with Gasteiger partial charge in [0.05, 0.1) is 19.4 Å². The highest BCUT2D eigenvalue weighted by Crippen LogP contribution is 2.50. The van der Waals surface area contributed by atoms with Crippen molar-refractivity contribution in [3.63, 3.8) is 0 Å². The van der Waals surface area contributed by atoms with E-state index in [1.165, 1.54) is 0 Å². The summed E-state index contributed by atoms with van der Waals surface area (Å²) in [6.45, 7) is 8.66. The van der Waals surface area contributed by atoms with Crippen molar-refractivity contribution in [3.05, 3.63) is 38.8 Å². The predicted molar refractivity (Wildman–Crippen MR) is 121 cm³/mol. The van der Waals surface area contributed by atoms with Crippen LogP contribution in [-0.4, -0.2) is 51.2 Å². The number of halogens is 3. The Morgan fingerprint density at radius 1 is 1.24 bits per heavy atom. The van der Waals surface area contributed by atoms with Crippen LogP contribution in [0, 0.1) is 5.92 Å². The smallest absolute Gasteiger partial charge is 0.396 e. The second-order valence-electron chi connectivity index (χ2n) is 8.60. The molecule has 1 unspecified atom stereocenters. The lowest BCUT2D eigenvalue weighted by atomic mass is 9.84. The molecule has 4 heterocycles. The highest BCUT2D eigenvalue weighted by molar-refractivity contribution is 7.12. The molecular formula is C23H34F3N3O3S. The van der Waals surface area contributed by atoms with Gasteiger partial charge in [0.15, 0.2) is 0 Å². The van der Waals surface area contributed by atoms with Crippen molar-refractivity contribution in [2.45, 2.75) is 71.5 Å². The molecule has 0 bridgehead atoms. The van der Waals surface area contributed by atoms with Crippen molar-refractivity contribution in [1.29, 1.82) is 0 Å². The number of fused-ring (bicyclic) bond motifs is 2. The minimum absolute atomic E-state index is 0.0297. The second kappa shape index (κ2) is 10.9. The van der Waals surface area contributed by atoms with Gasteiger partial charge in [-0.3, -0.25) is 9.58 Å². The number of rotatable bonds is 6. The Morgan fingerprint density at radius 3 is 2.55 bits per heavy atom. The van der Waals surface area contributed by atoms with Crippen LogP contribution in [0.3, 0.4) is 0 Å². The molecule has 1 spiro atoms. The average Bonchev–Trinajstić information content (AvgIpc) is 3.41. The molecule has 1 atom stereocenters. The molecule has 0 saturated carbocycles. The van der Waals surface area contributed by atoms with E-state index in [0.29, 0.717) is 55.9 Å². The van der Waals surface area contributed by atoms with E-state index < -0.39 is 23.3 Å². The SMILES string of the molecule is CC.CC(CO)Cn1cc(CN2CCC3(CC2)OCCc2c3sc(C(F)(F)F)c2CO)cn1. The second-order valence-corrected chi connectivity index (χ2v) is 9.62. The molecule has 6 nitrogen and oxygen atoms in total. The molecule has 33 heavy (non-hydrogen) atoms. The molecule has 2 aliphatic rings. The number of hydrogen-bond acceptors (Lipinski definition) is 6. The number of nitrogens with zero attached hydrogens (tertiary/aromatic N) is 3. The van der Waals surface area contributed by atoms with Crippen LogP contribution in [0.1, 0.15) is 60.1 Å². The number of thiophene rings is 1. The highest BCUT2D eigenvalue weighted by Gasteiger charge is 2.47. The summed E-state index contributed by atoms with van der Waals surface area (Å²) in [4.78, 5) is 2.24. The maximum absolute atomic E-state index is 13.5. The maximum atomic E-state index is 13.5. The van der Waals surface area contributed by atoms with E-state index in [1.54, 1.807) is 0 Å². The van der Waals surface area contributed by atoms with Gasteiger partial charge in [-0.15, -0.1) is 11.3 Å². The van der Waals surface area contributed by atoms with Crippen LogP contribution in [0.5, 0.6) is 0 Å². The number of aliphatic hydroxyl groups is 2. The fourth-order valence-corrected chi connectivity index (χ4v) is 6.04. The molecule has 0 radical (unpaired) electrons. The number of alkyl halides is 3. The first-order chi connectivity index (χ1) is 15.8. The number of aromatic nitrogens is 2. The molecule has 1 saturated heterocycles. The zero-order chi connectivity index (χ0) is 24.2. The van der Waals surface area contributed by atoms with Crippen molar-refractivity contribution in [2.24, 2.45) is 5.92 Å². The summed E-state index contributed by atoms with van der Waals surface area (Å²) in [6.07, 6.45) is 1.00. The van der Waals surface area contributed by atoms with Crippen LogP contribution >= 0.6 is 11.3 Å². The fraction of sp³-hybridized carbons (Fsp3) is 0.696. The molecule has 2 N–H and O–H groups in total. The zero-order valence-corrected chi connectivity index (χ0v) is 20.3. The van der Waals surface area contributed by atoms with E-state index in [9.17, 15) is 23.4 Å². The summed E-state index contributed by atoms with van der Waals surface area (Å²) in [5.74, 6) is 0.136. The topological polar surface area (TPSA) is 70.8 Å². The number of aliphatic hydroxyl groups excluding tert-OH is 2. The average molecular weight is 490 g/mol. The molecule has 2 aliphatic heterocycles. The summed E-state index contributed by atoms with van der Waals surface area (Å²) in [7, 11) is 0. The predicted octanol–water partition coefficient (Wildman–Crippen LogP) is 4.17. The lowest BCUT2D eigenvalue weighted by Gasteiger charge is -2.43. The minimum Gasteiger partial charge on any atom is -0.396 e. The van der Waals surface area contributed by atoms with E-state index >= 15 is 0 Å². The molecule has 1 fully saturated rings. The van der Waals surface area contributed by atoms with E-state index in [4.69, 9.17) is 4.74 Å². The van der Waals surface area contributed by atoms with Gasteiger partial charge in [-0.25, -0.2) is 0 Å². The van der Waals surface area contributed by atoms with Crippen molar-refractivity contribution in [2.75, 3.05) is 26.3 Å².